The summed E-state index contributed by atoms with van der Waals surface area (Å²) in [5, 5.41) is 16.6. The highest BCUT2D eigenvalue weighted by Crippen LogP contribution is 2.23. The van der Waals surface area contributed by atoms with Gasteiger partial charge in [0.25, 0.3) is 5.69 Å². The molecule has 136 valence electrons. The fourth-order valence-corrected chi connectivity index (χ4v) is 2.43. The summed E-state index contributed by atoms with van der Waals surface area (Å²) in [6.07, 6.45) is 0. The lowest BCUT2D eigenvalue weighted by atomic mass is 10.2. The molecule has 0 aliphatic rings. The molecule has 8 nitrogen and oxygen atoms in total. The molecule has 0 fully saturated rings. The van der Waals surface area contributed by atoms with E-state index in [1.807, 2.05) is 0 Å². The first-order chi connectivity index (χ1) is 12.3. The van der Waals surface area contributed by atoms with Crippen LogP contribution in [0.1, 0.15) is 0 Å². The van der Waals surface area contributed by atoms with Crippen LogP contribution in [-0.2, 0) is 9.59 Å². The number of nitrogens with one attached hydrogen (secondary N) is 2. The molecular formula is C17H17ClN4O4. The predicted molar refractivity (Wildman–Crippen MR) is 99.3 cm³/mol. The Kier molecular flexibility index (Phi) is 6.65. The van der Waals surface area contributed by atoms with Crippen LogP contribution in [-0.4, -0.2) is 41.8 Å². The lowest BCUT2D eigenvalue weighted by molar-refractivity contribution is -0.383. The average Bonchev–Trinajstić information content (AvgIpc) is 2.54. The van der Waals surface area contributed by atoms with E-state index in [-0.39, 0.29) is 30.4 Å². The van der Waals surface area contributed by atoms with Gasteiger partial charge in [-0.1, -0.05) is 29.8 Å². The van der Waals surface area contributed by atoms with E-state index in [2.05, 4.69) is 10.6 Å². The van der Waals surface area contributed by atoms with E-state index in [1.54, 1.807) is 37.4 Å². The first-order valence-electron chi connectivity index (χ1n) is 7.62. The number of anilines is 2. The Labute approximate surface area is 154 Å². The van der Waals surface area contributed by atoms with Crippen LogP contribution in [0.4, 0.5) is 17.1 Å². The zero-order valence-corrected chi connectivity index (χ0v) is 14.7. The summed E-state index contributed by atoms with van der Waals surface area (Å²) < 4.78 is 0. The van der Waals surface area contributed by atoms with Gasteiger partial charge in [0.1, 0.15) is 5.69 Å². The fraction of sp³-hybridized carbons (Fsp3) is 0.176. The van der Waals surface area contributed by atoms with Crippen molar-refractivity contribution in [1.29, 1.82) is 0 Å². The van der Waals surface area contributed by atoms with Crippen LogP contribution in [0.2, 0.25) is 5.02 Å². The van der Waals surface area contributed by atoms with Crippen molar-refractivity contribution in [3.05, 3.63) is 63.7 Å². The van der Waals surface area contributed by atoms with Gasteiger partial charge in [0.05, 0.1) is 18.0 Å². The number of likely N-dealkylation sites (N-methyl/N-ethyl adjacent to an activating group) is 1. The molecule has 26 heavy (non-hydrogen) atoms. The van der Waals surface area contributed by atoms with Gasteiger partial charge in [-0.05, 0) is 31.3 Å². The summed E-state index contributed by atoms with van der Waals surface area (Å²) in [4.78, 5) is 35.9. The first kappa shape index (κ1) is 19.4. The highest BCUT2D eigenvalue weighted by molar-refractivity contribution is 6.30. The summed E-state index contributed by atoms with van der Waals surface area (Å²) in [6.45, 7) is -0.133. The number of halogens is 1. The molecule has 2 aromatic rings. The van der Waals surface area contributed by atoms with E-state index in [9.17, 15) is 19.7 Å². The molecule has 0 heterocycles. The lowest BCUT2D eigenvalue weighted by Crippen LogP contribution is -2.36. The number of hydrogen-bond acceptors (Lipinski definition) is 5. The van der Waals surface area contributed by atoms with Crippen molar-refractivity contribution in [3.63, 3.8) is 0 Å². The monoisotopic (exact) mass is 376 g/mol. The van der Waals surface area contributed by atoms with Crippen molar-refractivity contribution in [3.8, 4) is 0 Å². The first-order valence-corrected chi connectivity index (χ1v) is 8.00. The maximum atomic E-state index is 12.1. The zero-order chi connectivity index (χ0) is 19.1. The van der Waals surface area contributed by atoms with E-state index in [1.165, 1.54) is 23.1 Å². The van der Waals surface area contributed by atoms with Crippen molar-refractivity contribution in [2.24, 2.45) is 0 Å². The van der Waals surface area contributed by atoms with E-state index in [4.69, 9.17) is 11.6 Å². The highest BCUT2D eigenvalue weighted by atomic mass is 35.5. The number of nitro benzene ring substituents is 1. The zero-order valence-electron chi connectivity index (χ0n) is 13.9. The SMILES string of the molecule is CN(CC(=O)Nc1cccc(Cl)c1)CC(=O)Nc1ccccc1[N+](=O)[O-]. The van der Waals surface area contributed by atoms with Gasteiger partial charge >= 0.3 is 0 Å². The molecule has 0 spiro atoms. The van der Waals surface area contributed by atoms with Crippen LogP contribution in [0.15, 0.2) is 48.5 Å². The van der Waals surface area contributed by atoms with Crippen LogP contribution in [0.25, 0.3) is 0 Å². The maximum Gasteiger partial charge on any atom is 0.292 e. The standard InChI is InChI=1S/C17H17ClN4O4/c1-21(10-16(23)19-13-6-4-5-12(18)9-13)11-17(24)20-14-7-2-3-8-15(14)22(25)26/h2-9H,10-11H2,1H3,(H,19,23)(H,20,24). The number of carbonyl (C=O) groups is 2. The molecule has 0 aliphatic heterocycles. The Hall–Kier alpha value is -2.97. The minimum Gasteiger partial charge on any atom is -0.325 e. The molecular weight excluding hydrogens is 360 g/mol. The molecule has 0 atom stereocenters. The number of nitro groups is 1. The van der Waals surface area contributed by atoms with E-state index in [0.717, 1.165) is 0 Å². The Morgan fingerprint density at radius 3 is 2.38 bits per heavy atom. The fourth-order valence-electron chi connectivity index (χ4n) is 2.24. The maximum absolute atomic E-state index is 12.1. The number of carbonyl (C=O) groups excluding carboxylic acids is 2. The number of hydrogen-bond donors (Lipinski definition) is 2. The van der Waals surface area contributed by atoms with Gasteiger partial charge < -0.3 is 10.6 Å². The summed E-state index contributed by atoms with van der Waals surface area (Å²) in [5.74, 6) is -0.773. The molecule has 0 saturated carbocycles. The van der Waals surface area contributed by atoms with Crippen molar-refractivity contribution >= 4 is 40.5 Å². The predicted octanol–water partition coefficient (Wildman–Crippen LogP) is 2.76. The third kappa shape index (κ3) is 5.83. The molecule has 0 aromatic heterocycles. The third-order valence-electron chi connectivity index (χ3n) is 3.31. The number of benzene rings is 2. The topological polar surface area (TPSA) is 105 Å². The van der Waals surface area contributed by atoms with Gasteiger partial charge in [-0.2, -0.15) is 0 Å². The van der Waals surface area contributed by atoms with Gasteiger partial charge in [0.2, 0.25) is 11.8 Å². The van der Waals surface area contributed by atoms with Crippen LogP contribution in [0.3, 0.4) is 0 Å². The number of amides is 2. The van der Waals surface area contributed by atoms with Crippen LogP contribution >= 0.6 is 11.6 Å². The van der Waals surface area contributed by atoms with Crippen LogP contribution in [0, 0.1) is 10.1 Å². The van der Waals surface area contributed by atoms with E-state index < -0.39 is 10.8 Å². The molecule has 2 aromatic carbocycles. The Balaban J connectivity index is 1.87. The van der Waals surface area contributed by atoms with E-state index >= 15 is 0 Å². The van der Waals surface area contributed by atoms with Gasteiger partial charge in [-0.3, -0.25) is 24.6 Å². The second-order valence-electron chi connectivity index (χ2n) is 5.55. The number of rotatable bonds is 7. The van der Waals surface area contributed by atoms with E-state index in [0.29, 0.717) is 10.7 Å². The number of para-hydroxylation sites is 2. The van der Waals surface area contributed by atoms with Crippen molar-refractivity contribution < 1.29 is 14.5 Å². The second-order valence-corrected chi connectivity index (χ2v) is 5.99. The van der Waals surface area contributed by atoms with Gasteiger partial charge in [0.15, 0.2) is 0 Å². The molecule has 2 N–H and O–H groups in total. The highest BCUT2D eigenvalue weighted by Gasteiger charge is 2.16. The Morgan fingerprint density at radius 2 is 1.73 bits per heavy atom. The minimum absolute atomic E-state index is 0.0309. The smallest absolute Gasteiger partial charge is 0.292 e. The van der Waals surface area contributed by atoms with Crippen LogP contribution in [0.5, 0.6) is 0 Å². The molecule has 2 rings (SSSR count). The normalized spacial score (nSPS) is 10.4. The van der Waals surface area contributed by atoms with Gasteiger partial charge in [-0.15, -0.1) is 0 Å². The number of nitrogens with zero attached hydrogens (tertiary/aromatic N) is 2. The summed E-state index contributed by atoms with van der Waals surface area (Å²) >= 11 is 5.85. The van der Waals surface area contributed by atoms with Crippen molar-refractivity contribution in [1.82, 2.24) is 4.90 Å². The summed E-state index contributed by atoms with van der Waals surface area (Å²) in [5.41, 5.74) is 0.474. The Bertz CT molecular complexity index is 828. The summed E-state index contributed by atoms with van der Waals surface area (Å²) in [7, 11) is 1.59. The average molecular weight is 377 g/mol. The second kappa shape index (κ2) is 8.93. The quantitative estimate of drug-likeness (QED) is 0.571. The largest absolute Gasteiger partial charge is 0.325 e. The Morgan fingerprint density at radius 1 is 1.08 bits per heavy atom. The van der Waals surface area contributed by atoms with Crippen molar-refractivity contribution in [2.45, 2.75) is 0 Å². The van der Waals surface area contributed by atoms with Gasteiger partial charge in [0, 0.05) is 16.8 Å². The van der Waals surface area contributed by atoms with Crippen LogP contribution < -0.4 is 10.6 Å². The molecule has 0 aliphatic carbocycles. The summed E-state index contributed by atoms with van der Waals surface area (Å²) in [6, 6.07) is 12.6. The molecule has 0 bridgehead atoms. The lowest BCUT2D eigenvalue weighted by Gasteiger charge is -2.16. The molecule has 0 saturated heterocycles. The molecule has 2 amide bonds. The third-order valence-corrected chi connectivity index (χ3v) is 3.55. The molecule has 0 unspecified atom stereocenters. The van der Waals surface area contributed by atoms with Crippen molar-refractivity contribution in [2.75, 3.05) is 30.8 Å². The minimum atomic E-state index is -0.572. The molecule has 0 radical (unpaired) electrons. The molecule has 9 heteroatoms. The van der Waals surface area contributed by atoms with Gasteiger partial charge in [-0.25, -0.2) is 0 Å².